The van der Waals surface area contributed by atoms with Crippen molar-refractivity contribution in [1.29, 1.82) is 0 Å². The first-order chi connectivity index (χ1) is 6.24. The molecule has 2 heteroatoms. The molecule has 0 heterocycles. The quantitative estimate of drug-likeness (QED) is 0.689. The molecule has 0 saturated heterocycles. The third-order valence-corrected chi connectivity index (χ3v) is 1.94. The minimum Gasteiger partial charge on any atom is -0.326 e. The molecule has 1 N–H and O–H groups in total. The van der Waals surface area contributed by atoms with Crippen LogP contribution in [-0.4, -0.2) is 5.91 Å². The second-order valence-corrected chi connectivity index (χ2v) is 3.04. The van der Waals surface area contributed by atoms with E-state index in [9.17, 15) is 4.79 Å². The number of hydrogen-bond donors (Lipinski definition) is 1. The van der Waals surface area contributed by atoms with E-state index in [2.05, 4.69) is 11.4 Å². The molecule has 0 aliphatic heterocycles. The minimum atomic E-state index is 0.0642. The first kappa shape index (κ1) is 9.78. The van der Waals surface area contributed by atoms with Crippen molar-refractivity contribution in [2.75, 3.05) is 0 Å². The average molecular weight is 177 g/mol. The lowest BCUT2D eigenvalue weighted by Gasteiger charge is -2.05. The molecule has 0 saturated carbocycles. The van der Waals surface area contributed by atoms with Crippen molar-refractivity contribution in [2.45, 2.75) is 26.7 Å². The molecule has 1 aliphatic carbocycles. The first-order valence-electron chi connectivity index (χ1n) is 4.58. The van der Waals surface area contributed by atoms with Gasteiger partial charge in [-0.25, -0.2) is 0 Å². The molecule has 1 rings (SSSR count). The minimum absolute atomic E-state index is 0.0642. The van der Waals surface area contributed by atoms with Gasteiger partial charge in [0.15, 0.2) is 0 Å². The van der Waals surface area contributed by atoms with Crippen LogP contribution in [0.15, 0.2) is 35.6 Å². The summed E-state index contributed by atoms with van der Waals surface area (Å²) in [6, 6.07) is 0. The standard InChI is InChI=1S/C11H15NO/c1-3-11(13)12-10-8-6-4-5-7-9(10)2/h5-8H,3-4H2,1-2H3,(H,12,13). The topological polar surface area (TPSA) is 29.1 Å². The van der Waals surface area contributed by atoms with Crippen LogP contribution in [-0.2, 0) is 4.79 Å². The summed E-state index contributed by atoms with van der Waals surface area (Å²) in [4.78, 5) is 11.1. The molecular weight excluding hydrogens is 162 g/mol. The lowest BCUT2D eigenvalue weighted by atomic mass is 10.2. The fourth-order valence-electron chi connectivity index (χ4n) is 1.11. The summed E-state index contributed by atoms with van der Waals surface area (Å²) in [5.74, 6) is 0.0642. The Morgan fingerprint density at radius 2 is 2.15 bits per heavy atom. The maximum Gasteiger partial charge on any atom is 0.224 e. The van der Waals surface area contributed by atoms with Crippen LogP contribution >= 0.6 is 0 Å². The van der Waals surface area contributed by atoms with Crippen LogP contribution in [0.25, 0.3) is 0 Å². The number of amides is 1. The summed E-state index contributed by atoms with van der Waals surface area (Å²) in [5.41, 5.74) is 2.02. The number of carbonyl (C=O) groups is 1. The van der Waals surface area contributed by atoms with Crippen molar-refractivity contribution in [3.05, 3.63) is 35.6 Å². The van der Waals surface area contributed by atoms with Crippen molar-refractivity contribution in [1.82, 2.24) is 5.32 Å². The Morgan fingerprint density at radius 3 is 2.85 bits per heavy atom. The van der Waals surface area contributed by atoms with Gasteiger partial charge in [-0.1, -0.05) is 25.2 Å². The molecule has 1 aliphatic rings. The zero-order valence-corrected chi connectivity index (χ0v) is 8.13. The van der Waals surface area contributed by atoms with Crippen molar-refractivity contribution in [3.8, 4) is 0 Å². The molecule has 70 valence electrons. The van der Waals surface area contributed by atoms with Crippen molar-refractivity contribution >= 4 is 5.91 Å². The molecule has 0 radical (unpaired) electrons. The monoisotopic (exact) mass is 177 g/mol. The highest BCUT2D eigenvalue weighted by Gasteiger charge is 2.02. The Balaban J connectivity index is 2.75. The van der Waals surface area contributed by atoms with E-state index in [-0.39, 0.29) is 5.91 Å². The predicted octanol–water partition coefficient (Wildman–Crippen LogP) is 2.30. The van der Waals surface area contributed by atoms with Gasteiger partial charge >= 0.3 is 0 Å². The third-order valence-electron chi connectivity index (χ3n) is 1.94. The molecule has 13 heavy (non-hydrogen) atoms. The summed E-state index contributed by atoms with van der Waals surface area (Å²) in [6.45, 7) is 3.85. The lowest BCUT2D eigenvalue weighted by Crippen LogP contribution is -2.21. The van der Waals surface area contributed by atoms with Crippen LogP contribution in [0.3, 0.4) is 0 Å². The summed E-state index contributed by atoms with van der Waals surface area (Å²) in [6.07, 6.45) is 9.57. The Labute approximate surface area is 79.0 Å². The Hall–Kier alpha value is -1.31. The van der Waals surface area contributed by atoms with Gasteiger partial charge in [-0.2, -0.15) is 0 Å². The predicted molar refractivity (Wildman–Crippen MR) is 54.0 cm³/mol. The Bertz CT molecular complexity index is 284. The maximum absolute atomic E-state index is 11.1. The van der Waals surface area contributed by atoms with Crippen molar-refractivity contribution in [3.63, 3.8) is 0 Å². The van der Waals surface area contributed by atoms with Crippen molar-refractivity contribution < 1.29 is 4.79 Å². The summed E-state index contributed by atoms with van der Waals surface area (Å²) >= 11 is 0. The van der Waals surface area contributed by atoms with E-state index in [1.54, 1.807) is 0 Å². The zero-order chi connectivity index (χ0) is 9.68. The van der Waals surface area contributed by atoms with Gasteiger partial charge in [0.25, 0.3) is 0 Å². The molecule has 0 aromatic heterocycles. The van der Waals surface area contributed by atoms with Crippen molar-refractivity contribution in [2.24, 2.45) is 0 Å². The number of rotatable bonds is 2. The number of nitrogens with one attached hydrogen (secondary N) is 1. The van der Waals surface area contributed by atoms with Gasteiger partial charge in [0.05, 0.1) is 0 Å². The molecule has 0 bridgehead atoms. The molecule has 2 nitrogen and oxygen atoms in total. The number of carbonyl (C=O) groups excluding carboxylic acids is 1. The Kier molecular flexibility index (Phi) is 3.50. The highest BCUT2D eigenvalue weighted by molar-refractivity contribution is 5.78. The molecule has 1 amide bonds. The van der Waals surface area contributed by atoms with Crippen LogP contribution < -0.4 is 5.32 Å². The summed E-state index contributed by atoms with van der Waals surface area (Å²) < 4.78 is 0. The smallest absolute Gasteiger partial charge is 0.224 e. The van der Waals surface area contributed by atoms with E-state index in [0.29, 0.717) is 6.42 Å². The second-order valence-electron chi connectivity index (χ2n) is 3.04. The molecule has 0 spiro atoms. The zero-order valence-electron chi connectivity index (χ0n) is 8.13. The number of allylic oxidation sites excluding steroid dienone is 5. The van der Waals surface area contributed by atoms with E-state index < -0.39 is 0 Å². The molecule has 0 fully saturated rings. The van der Waals surface area contributed by atoms with Crippen LogP contribution in [0.1, 0.15) is 26.7 Å². The molecule has 0 aromatic rings. The highest BCUT2D eigenvalue weighted by Crippen LogP contribution is 2.09. The molecule has 0 atom stereocenters. The highest BCUT2D eigenvalue weighted by atomic mass is 16.1. The van der Waals surface area contributed by atoms with Gasteiger partial charge in [0, 0.05) is 12.1 Å². The normalized spacial score (nSPS) is 15.8. The largest absolute Gasteiger partial charge is 0.326 e. The van der Waals surface area contributed by atoms with E-state index >= 15 is 0 Å². The maximum atomic E-state index is 11.1. The van der Waals surface area contributed by atoms with Crippen LogP contribution in [0.4, 0.5) is 0 Å². The van der Waals surface area contributed by atoms with Crippen LogP contribution in [0, 0.1) is 0 Å². The van der Waals surface area contributed by atoms with Gasteiger partial charge in [-0.15, -0.1) is 0 Å². The molecule has 0 aromatic carbocycles. The number of hydrogen-bond acceptors (Lipinski definition) is 1. The molecular formula is C11H15NO. The first-order valence-corrected chi connectivity index (χ1v) is 4.58. The Morgan fingerprint density at radius 1 is 1.46 bits per heavy atom. The van der Waals surface area contributed by atoms with Gasteiger partial charge < -0.3 is 5.32 Å². The fraction of sp³-hybridized carbons (Fsp3) is 0.364. The molecule has 0 unspecified atom stereocenters. The van der Waals surface area contributed by atoms with Gasteiger partial charge in [-0.05, 0) is 25.0 Å². The SMILES string of the molecule is CCC(=O)NC1=C(C)C=CCC=C1. The third kappa shape index (κ3) is 2.90. The van der Waals surface area contributed by atoms with E-state index in [4.69, 9.17) is 0 Å². The average Bonchev–Trinajstić information content (AvgIpc) is 2.32. The van der Waals surface area contributed by atoms with Gasteiger partial charge in [0.2, 0.25) is 5.91 Å². The van der Waals surface area contributed by atoms with Gasteiger partial charge in [-0.3, -0.25) is 4.79 Å². The van der Waals surface area contributed by atoms with E-state index in [1.165, 1.54) is 0 Å². The summed E-state index contributed by atoms with van der Waals surface area (Å²) in [7, 11) is 0. The van der Waals surface area contributed by atoms with Crippen LogP contribution in [0.2, 0.25) is 0 Å². The second kappa shape index (κ2) is 4.65. The van der Waals surface area contributed by atoms with Crippen LogP contribution in [0.5, 0.6) is 0 Å². The summed E-state index contributed by atoms with van der Waals surface area (Å²) in [5, 5.41) is 2.86. The van der Waals surface area contributed by atoms with E-state index in [1.807, 2.05) is 32.1 Å². The van der Waals surface area contributed by atoms with Gasteiger partial charge in [0.1, 0.15) is 0 Å². The van der Waals surface area contributed by atoms with E-state index in [0.717, 1.165) is 17.7 Å². The lowest BCUT2D eigenvalue weighted by molar-refractivity contribution is -0.120. The fourth-order valence-corrected chi connectivity index (χ4v) is 1.11.